The highest BCUT2D eigenvalue weighted by Gasteiger charge is 2.40. The summed E-state index contributed by atoms with van der Waals surface area (Å²) in [7, 11) is 0. The van der Waals surface area contributed by atoms with E-state index < -0.39 is 42.6 Å². The molecule has 7 atom stereocenters. The molecule has 2 amide bonds. The molecule has 1 rings (SSSR count). The minimum atomic E-state index is -0.703. The summed E-state index contributed by atoms with van der Waals surface area (Å²) in [4.78, 5) is 35.6. The molecule has 1 heterocycles. The van der Waals surface area contributed by atoms with Crippen LogP contribution in [-0.4, -0.2) is 140 Å². The van der Waals surface area contributed by atoms with E-state index in [9.17, 15) is 35.1 Å². The highest BCUT2D eigenvalue weighted by Crippen LogP contribution is 2.25. The first-order valence-corrected chi connectivity index (χ1v) is 46.9. The highest BCUT2D eigenvalue weighted by molar-refractivity contribution is 5.97. The summed E-state index contributed by atoms with van der Waals surface area (Å²) in [5.74, 6) is -0.215. The number of amides is 2. The number of nitrogens with zero attached hydrogens (tertiary/aromatic N) is 3. The molecular weight excluding hydrogens is 1270 g/mol. The van der Waals surface area contributed by atoms with E-state index in [0.717, 1.165) is 116 Å². The molecule has 1 aliphatic heterocycles. The van der Waals surface area contributed by atoms with Gasteiger partial charge < -0.3 is 35.7 Å². The monoisotopic (exact) mass is 1460 g/mol. The van der Waals surface area contributed by atoms with Crippen molar-refractivity contribution in [3.63, 3.8) is 0 Å². The molecule has 0 saturated carbocycles. The molecule has 0 aromatic heterocycles. The number of unbranched alkanes of at least 4 members (excludes halogenated alkanes) is 57. The summed E-state index contributed by atoms with van der Waals surface area (Å²) in [5, 5.41) is 60.8. The SMILES string of the molecule is CCCCCCCCCCCCCCC(O)CN(CCCCC1NC(=O)C(CCCCN(CC(O)CCCCCCCCCCCCCC)CC(O)CCCCCCCCCCCCCC)N(CC(O)CCCCCCCCCCCCCC)C1=O)CC(O)CCCCCCCCCCCCCC. The zero-order chi connectivity index (χ0) is 74.8. The second kappa shape index (κ2) is 77.4. The number of rotatable bonds is 85. The van der Waals surface area contributed by atoms with Crippen molar-refractivity contribution in [1.29, 1.82) is 0 Å². The number of hydrogen-bond donors (Lipinski definition) is 6. The predicted molar refractivity (Wildman–Crippen MR) is 447 cm³/mol. The molecule has 11 nitrogen and oxygen atoms in total. The highest BCUT2D eigenvalue weighted by atomic mass is 16.3. The van der Waals surface area contributed by atoms with Gasteiger partial charge in [-0.3, -0.25) is 19.4 Å². The normalized spacial score (nSPS) is 15.9. The summed E-state index contributed by atoms with van der Waals surface area (Å²) in [6, 6.07) is -1.31. The van der Waals surface area contributed by atoms with Crippen LogP contribution in [0.25, 0.3) is 0 Å². The largest absolute Gasteiger partial charge is 0.392 e. The quantitative estimate of drug-likeness (QED) is 0.0326. The van der Waals surface area contributed by atoms with Crippen LogP contribution in [0, 0.1) is 0 Å². The van der Waals surface area contributed by atoms with Crippen LogP contribution in [0.4, 0.5) is 0 Å². The lowest BCUT2D eigenvalue weighted by molar-refractivity contribution is -0.151. The van der Waals surface area contributed by atoms with Crippen molar-refractivity contribution >= 4 is 11.8 Å². The lowest BCUT2D eigenvalue weighted by atomic mass is 9.97. The third-order valence-electron chi connectivity index (χ3n) is 23.2. The molecule has 0 radical (unpaired) electrons. The van der Waals surface area contributed by atoms with Crippen LogP contribution in [0.5, 0.6) is 0 Å². The minimum absolute atomic E-state index is 0.0886. The Kier molecular flexibility index (Phi) is 74.9. The summed E-state index contributed by atoms with van der Waals surface area (Å²) < 4.78 is 0. The van der Waals surface area contributed by atoms with Crippen LogP contribution < -0.4 is 5.32 Å². The second-order valence-electron chi connectivity index (χ2n) is 33.7. The van der Waals surface area contributed by atoms with Gasteiger partial charge in [0, 0.05) is 32.7 Å². The van der Waals surface area contributed by atoms with Crippen molar-refractivity contribution in [2.75, 3.05) is 45.8 Å². The van der Waals surface area contributed by atoms with Crippen LogP contribution in [0.15, 0.2) is 0 Å². The Morgan fingerprint density at radius 2 is 0.476 bits per heavy atom. The molecule has 0 aliphatic carbocycles. The van der Waals surface area contributed by atoms with E-state index >= 15 is 0 Å². The van der Waals surface area contributed by atoms with E-state index in [1.54, 1.807) is 4.90 Å². The van der Waals surface area contributed by atoms with E-state index in [1.165, 1.54) is 315 Å². The van der Waals surface area contributed by atoms with Crippen LogP contribution in [0.2, 0.25) is 0 Å². The summed E-state index contributed by atoms with van der Waals surface area (Å²) in [6.07, 6.45) is 82.2. The van der Waals surface area contributed by atoms with Crippen LogP contribution >= 0.6 is 0 Å². The Hall–Kier alpha value is -1.34. The first-order valence-electron chi connectivity index (χ1n) is 46.9. The molecular formula is C92H184N4O7. The van der Waals surface area contributed by atoms with Crippen molar-refractivity contribution in [2.45, 2.75) is 533 Å². The van der Waals surface area contributed by atoms with Crippen molar-refractivity contribution in [3.05, 3.63) is 0 Å². The fraction of sp³-hybridized carbons (Fsp3) is 0.978. The van der Waals surface area contributed by atoms with E-state index in [0.29, 0.717) is 65.0 Å². The Balaban J connectivity index is 3.09. The molecule has 11 heteroatoms. The average molecular weight is 1460 g/mol. The molecule has 614 valence electrons. The lowest BCUT2D eigenvalue weighted by Crippen LogP contribution is -2.64. The Morgan fingerprint density at radius 3 is 0.709 bits per heavy atom. The molecule has 1 fully saturated rings. The summed E-state index contributed by atoms with van der Waals surface area (Å²) in [5.41, 5.74) is 0. The molecule has 0 spiro atoms. The standard InChI is InChI=1S/C92H184N4O7/c1-6-11-16-21-26-31-36-41-46-51-56-61-70-84(97)79-94(80-85(98)71-62-57-52-47-42-37-32-27-22-17-12-7-2)77-68-66-75-89-92(103)96(83-88(101)74-65-60-55-50-45-40-35-30-25-20-15-10-5)90(91(102)93-89)76-67-69-78-95(81-86(99)72-63-58-53-48-43-38-33-28-23-18-13-8-3)82-87(100)73-64-59-54-49-44-39-34-29-24-19-14-9-4/h84-90,97-101H,6-83H2,1-5H3,(H,93,102). The fourth-order valence-electron chi connectivity index (χ4n) is 16.4. The number of piperazine rings is 1. The zero-order valence-electron chi connectivity index (χ0n) is 70.1. The topological polar surface area (TPSA) is 157 Å². The molecule has 0 aromatic carbocycles. The Bertz CT molecular complexity index is 1660. The van der Waals surface area contributed by atoms with Gasteiger partial charge in [-0.1, -0.05) is 420 Å². The maximum absolute atomic E-state index is 14.8. The third-order valence-corrected chi connectivity index (χ3v) is 23.2. The van der Waals surface area contributed by atoms with Gasteiger partial charge in [-0.25, -0.2) is 0 Å². The third kappa shape index (κ3) is 65.1. The van der Waals surface area contributed by atoms with Gasteiger partial charge in [0.15, 0.2) is 0 Å². The maximum atomic E-state index is 14.8. The smallest absolute Gasteiger partial charge is 0.245 e. The van der Waals surface area contributed by atoms with Gasteiger partial charge in [0.25, 0.3) is 0 Å². The van der Waals surface area contributed by atoms with E-state index in [1.807, 2.05) is 0 Å². The molecule has 1 aliphatic rings. The number of carbonyl (C=O) groups excluding carboxylic acids is 2. The van der Waals surface area contributed by atoms with E-state index in [-0.39, 0.29) is 18.4 Å². The van der Waals surface area contributed by atoms with Gasteiger partial charge in [-0.2, -0.15) is 0 Å². The molecule has 7 unspecified atom stereocenters. The van der Waals surface area contributed by atoms with Gasteiger partial charge in [0.1, 0.15) is 12.1 Å². The molecule has 0 aromatic rings. The maximum Gasteiger partial charge on any atom is 0.245 e. The van der Waals surface area contributed by atoms with Gasteiger partial charge in [-0.05, 0) is 83.7 Å². The number of β-amino-alcohol motifs (C(OH)–C–C–N with tert-alkyl or cyclic N) is 1. The van der Waals surface area contributed by atoms with Crippen molar-refractivity contribution in [2.24, 2.45) is 0 Å². The lowest BCUT2D eigenvalue weighted by Gasteiger charge is -2.40. The van der Waals surface area contributed by atoms with Gasteiger partial charge >= 0.3 is 0 Å². The summed E-state index contributed by atoms with van der Waals surface area (Å²) in [6.45, 7) is 15.1. The number of hydrogen-bond acceptors (Lipinski definition) is 9. The average Bonchev–Trinajstić information content (AvgIpc) is 0.805. The molecule has 6 N–H and O–H groups in total. The second-order valence-corrected chi connectivity index (χ2v) is 33.7. The van der Waals surface area contributed by atoms with E-state index in [2.05, 4.69) is 49.7 Å². The summed E-state index contributed by atoms with van der Waals surface area (Å²) >= 11 is 0. The van der Waals surface area contributed by atoms with Crippen LogP contribution in [-0.2, 0) is 9.59 Å². The zero-order valence-corrected chi connectivity index (χ0v) is 70.1. The van der Waals surface area contributed by atoms with Crippen molar-refractivity contribution in [1.82, 2.24) is 20.0 Å². The first kappa shape index (κ1) is 99.7. The van der Waals surface area contributed by atoms with Gasteiger partial charge in [0.2, 0.25) is 11.8 Å². The molecule has 103 heavy (non-hydrogen) atoms. The minimum Gasteiger partial charge on any atom is -0.392 e. The fourth-order valence-corrected chi connectivity index (χ4v) is 16.4. The van der Waals surface area contributed by atoms with Crippen molar-refractivity contribution in [3.8, 4) is 0 Å². The Morgan fingerprint density at radius 1 is 0.272 bits per heavy atom. The predicted octanol–water partition coefficient (Wildman–Crippen LogP) is 24.9. The Labute approximate surface area is 642 Å². The molecule has 1 saturated heterocycles. The molecule has 0 bridgehead atoms. The number of nitrogens with one attached hydrogen (secondary N) is 1. The van der Waals surface area contributed by atoms with Gasteiger partial charge in [0.05, 0.1) is 30.5 Å². The first-order chi connectivity index (χ1) is 50.5. The van der Waals surface area contributed by atoms with Crippen LogP contribution in [0.1, 0.15) is 490 Å². The van der Waals surface area contributed by atoms with Gasteiger partial charge in [-0.15, -0.1) is 0 Å². The van der Waals surface area contributed by atoms with Crippen molar-refractivity contribution < 1.29 is 35.1 Å². The number of aliphatic hydroxyl groups excluding tert-OH is 5. The number of carbonyl (C=O) groups is 2. The van der Waals surface area contributed by atoms with E-state index in [4.69, 9.17) is 0 Å². The van der Waals surface area contributed by atoms with Crippen LogP contribution in [0.3, 0.4) is 0 Å². The number of aliphatic hydroxyl groups is 5.